The number of methoxy groups -OCH3 is 1. The molecule has 1 aromatic rings. The number of ether oxygens (including phenoxy) is 1. The molecule has 4 unspecified atom stereocenters. The van der Waals surface area contributed by atoms with Crippen LogP contribution in [0.2, 0.25) is 0 Å². The zero-order valence-electron chi connectivity index (χ0n) is 17.7. The number of ketones is 1. The molecule has 2 saturated heterocycles. The Morgan fingerprint density at radius 3 is 2.53 bits per heavy atom. The topological polar surface area (TPSA) is 66.9 Å². The number of nitrogens with zero attached hydrogens (tertiary/aromatic N) is 2. The number of rotatable bonds is 5. The number of imide groups is 1. The van der Waals surface area contributed by atoms with Crippen molar-refractivity contribution in [1.29, 1.82) is 0 Å². The van der Waals surface area contributed by atoms with Gasteiger partial charge >= 0.3 is 0 Å². The Morgan fingerprint density at radius 2 is 1.87 bits per heavy atom. The van der Waals surface area contributed by atoms with Crippen LogP contribution in [0.25, 0.3) is 6.08 Å². The summed E-state index contributed by atoms with van der Waals surface area (Å²) < 4.78 is 6.02. The third kappa shape index (κ3) is 3.23. The van der Waals surface area contributed by atoms with Crippen LogP contribution in [0.1, 0.15) is 32.8 Å². The molecule has 160 valence electrons. The first-order valence-corrected chi connectivity index (χ1v) is 11.1. The third-order valence-corrected chi connectivity index (χ3v) is 6.79. The molecule has 2 fully saturated rings. The van der Waals surface area contributed by atoms with Gasteiger partial charge in [-0.1, -0.05) is 48.9 Å². The van der Waals surface area contributed by atoms with Crippen LogP contribution in [-0.2, 0) is 19.1 Å². The van der Waals surface area contributed by atoms with Crippen molar-refractivity contribution < 1.29 is 19.1 Å². The van der Waals surface area contributed by atoms with Crippen LogP contribution in [0, 0.1) is 17.3 Å². The number of amides is 2. The van der Waals surface area contributed by atoms with Gasteiger partial charge in [-0.15, -0.1) is 0 Å². The number of benzene rings is 1. The van der Waals surface area contributed by atoms with Gasteiger partial charge in [0.2, 0.25) is 11.8 Å². The second kappa shape index (κ2) is 7.61. The highest BCUT2D eigenvalue weighted by Gasteiger charge is 2.64. The van der Waals surface area contributed by atoms with Gasteiger partial charge in [-0.3, -0.25) is 19.3 Å². The van der Waals surface area contributed by atoms with Crippen molar-refractivity contribution in [2.45, 2.75) is 39.3 Å². The third-order valence-electron chi connectivity index (χ3n) is 6.30. The van der Waals surface area contributed by atoms with E-state index in [1.807, 2.05) is 56.0 Å². The molecule has 7 heteroatoms. The van der Waals surface area contributed by atoms with Crippen LogP contribution in [0.5, 0.6) is 0 Å². The van der Waals surface area contributed by atoms with E-state index < -0.39 is 23.3 Å². The fourth-order valence-electron chi connectivity index (χ4n) is 4.94. The molecular weight excluding hydrogens is 448 g/mol. The van der Waals surface area contributed by atoms with E-state index in [4.69, 9.17) is 4.74 Å². The monoisotopic (exact) mass is 474 g/mol. The minimum absolute atomic E-state index is 0.0101. The minimum atomic E-state index is -0.659. The number of hydrogen-bond acceptors (Lipinski definition) is 5. The standard InChI is InChI=1S/C23H27BrN2O4/c1-23(2,3)20(27)19-18-17(21(28)25(22(18)29)10-5-11-30-4)16-8-6-13-12-14(24)7-9-15(13)26(16)19/h6-9,12,16-19H,5,10-11H2,1-4H3. The summed E-state index contributed by atoms with van der Waals surface area (Å²) in [7, 11) is 1.60. The fraction of sp³-hybridized carbons (Fsp3) is 0.522. The lowest BCUT2D eigenvalue weighted by molar-refractivity contribution is -0.142. The predicted octanol–water partition coefficient (Wildman–Crippen LogP) is 3.29. The van der Waals surface area contributed by atoms with E-state index in [0.29, 0.717) is 19.6 Å². The smallest absolute Gasteiger partial charge is 0.235 e. The van der Waals surface area contributed by atoms with E-state index in [2.05, 4.69) is 15.9 Å². The number of fused-ring (bicyclic) bond motifs is 5. The predicted molar refractivity (Wildman–Crippen MR) is 118 cm³/mol. The zero-order chi connectivity index (χ0) is 21.8. The van der Waals surface area contributed by atoms with Gasteiger partial charge in [0.25, 0.3) is 0 Å². The first-order valence-electron chi connectivity index (χ1n) is 10.3. The van der Waals surface area contributed by atoms with Gasteiger partial charge < -0.3 is 9.64 Å². The normalized spacial score (nSPS) is 27.4. The number of likely N-dealkylation sites (tertiary alicyclic amines) is 1. The molecule has 0 radical (unpaired) electrons. The SMILES string of the molecule is COCCCN1C(=O)C2C(C1=O)C(C(=O)C(C)(C)C)N1c3ccc(Br)cc3C=CC21. The molecule has 4 rings (SSSR count). The van der Waals surface area contributed by atoms with Crippen molar-refractivity contribution in [3.63, 3.8) is 0 Å². The summed E-state index contributed by atoms with van der Waals surface area (Å²) in [6.45, 7) is 6.43. The van der Waals surface area contributed by atoms with Crippen LogP contribution >= 0.6 is 15.9 Å². The summed E-state index contributed by atoms with van der Waals surface area (Å²) >= 11 is 3.50. The fourth-order valence-corrected chi connectivity index (χ4v) is 5.32. The van der Waals surface area contributed by atoms with Crippen molar-refractivity contribution in [1.82, 2.24) is 4.90 Å². The Morgan fingerprint density at radius 1 is 1.17 bits per heavy atom. The summed E-state index contributed by atoms with van der Waals surface area (Å²) in [5, 5.41) is 0. The molecule has 2 amide bonds. The number of hydrogen-bond donors (Lipinski definition) is 0. The largest absolute Gasteiger partial charge is 0.385 e. The molecule has 3 aliphatic rings. The van der Waals surface area contributed by atoms with E-state index in [0.717, 1.165) is 15.7 Å². The number of halogens is 1. The summed E-state index contributed by atoms with van der Waals surface area (Å²) in [6, 6.07) is 4.93. The maximum atomic E-state index is 13.6. The van der Waals surface area contributed by atoms with Gasteiger partial charge in [-0.2, -0.15) is 0 Å². The Kier molecular flexibility index (Phi) is 5.39. The first-order chi connectivity index (χ1) is 14.2. The lowest BCUT2D eigenvalue weighted by atomic mass is 9.79. The Balaban J connectivity index is 1.78. The molecular formula is C23H27BrN2O4. The molecule has 0 N–H and O–H groups in total. The molecule has 30 heavy (non-hydrogen) atoms. The molecule has 3 heterocycles. The van der Waals surface area contributed by atoms with Gasteiger partial charge in [-0.05, 0) is 30.2 Å². The summed E-state index contributed by atoms with van der Waals surface area (Å²) in [6.07, 6.45) is 4.56. The quantitative estimate of drug-likeness (QED) is 0.483. The summed E-state index contributed by atoms with van der Waals surface area (Å²) in [4.78, 5) is 43.7. The molecule has 0 saturated carbocycles. The van der Waals surface area contributed by atoms with Gasteiger partial charge in [0, 0.05) is 35.8 Å². The van der Waals surface area contributed by atoms with Crippen molar-refractivity contribution in [3.8, 4) is 0 Å². The lowest BCUT2D eigenvalue weighted by Gasteiger charge is -2.38. The number of carbonyl (C=O) groups excluding carboxylic acids is 3. The second-order valence-electron chi connectivity index (χ2n) is 9.25. The summed E-state index contributed by atoms with van der Waals surface area (Å²) in [5.41, 5.74) is 1.24. The molecule has 4 atom stereocenters. The molecule has 3 aliphatic heterocycles. The lowest BCUT2D eigenvalue weighted by Crippen LogP contribution is -2.51. The molecule has 6 nitrogen and oxygen atoms in total. The maximum absolute atomic E-state index is 13.6. The summed E-state index contributed by atoms with van der Waals surface area (Å²) in [5.74, 6) is -1.61. The highest BCUT2D eigenvalue weighted by molar-refractivity contribution is 9.10. The average Bonchev–Trinajstić information content (AvgIpc) is 3.15. The average molecular weight is 475 g/mol. The van der Waals surface area contributed by atoms with Crippen LogP contribution in [-0.4, -0.2) is 54.8 Å². The van der Waals surface area contributed by atoms with Gasteiger partial charge in [-0.25, -0.2) is 0 Å². The molecule has 0 aromatic heterocycles. The highest BCUT2D eigenvalue weighted by Crippen LogP contribution is 2.50. The Bertz CT molecular complexity index is 936. The van der Waals surface area contributed by atoms with Crippen LogP contribution in [0.3, 0.4) is 0 Å². The Hall–Kier alpha value is -1.99. The van der Waals surface area contributed by atoms with E-state index >= 15 is 0 Å². The van der Waals surface area contributed by atoms with Crippen molar-refractivity contribution in [2.75, 3.05) is 25.2 Å². The maximum Gasteiger partial charge on any atom is 0.235 e. The van der Waals surface area contributed by atoms with E-state index in [1.54, 1.807) is 7.11 Å². The van der Waals surface area contributed by atoms with E-state index in [1.165, 1.54) is 4.90 Å². The zero-order valence-corrected chi connectivity index (χ0v) is 19.3. The molecule has 0 aliphatic carbocycles. The molecule has 0 bridgehead atoms. The number of Topliss-reactive ketones (excluding diaryl/α,β-unsaturated/α-hetero) is 1. The minimum Gasteiger partial charge on any atom is -0.385 e. The van der Waals surface area contributed by atoms with Crippen molar-refractivity contribution in [2.24, 2.45) is 17.3 Å². The van der Waals surface area contributed by atoms with Crippen LogP contribution < -0.4 is 4.90 Å². The first kappa shape index (κ1) is 21.2. The van der Waals surface area contributed by atoms with Gasteiger partial charge in [0.1, 0.15) is 6.04 Å². The van der Waals surface area contributed by atoms with Crippen LogP contribution in [0.15, 0.2) is 28.7 Å². The van der Waals surface area contributed by atoms with Crippen molar-refractivity contribution >= 4 is 45.3 Å². The van der Waals surface area contributed by atoms with Crippen molar-refractivity contribution in [3.05, 3.63) is 34.3 Å². The number of carbonyl (C=O) groups is 3. The van der Waals surface area contributed by atoms with Crippen LogP contribution in [0.4, 0.5) is 5.69 Å². The van der Waals surface area contributed by atoms with Gasteiger partial charge in [0.05, 0.1) is 17.9 Å². The van der Waals surface area contributed by atoms with E-state index in [-0.39, 0.29) is 23.6 Å². The number of anilines is 1. The Labute approximate surface area is 185 Å². The van der Waals surface area contributed by atoms with E-state index in [9.17, 15) is 14.4 Å². The second-order valence-corrected chi connectivity index (χ2v) is 10.2. The van der Waals surface area contributed by atoms with Gasteiger partial charge in [0.15, 0.2) is 5.78 Å². The molecule has 0 spiro atoms. The molecule has 1 aromatic carbocycles. The highest BCUT2D eigenvalue weighted by atomic mass is 79.9.